The van der Waals surface area contributed by atoms with Crippen LogP contribution in [0.5, 0.6) is 0 Å². The van der Waals surface area contributed by atoms with Gasteiger partial charge in [0.15, 0.2) is 23.3 Å². The second-order valence-corrected chi connectivity index (χ2v) is 13.3. The van der Waals surface area contributed by atoms with E-state index >= 15 is 0 Å². The fourth-order valence-electron chi connectivity index (χ4n) is 5.12. The Morgan fingerprint density at radius 1 is 0.667 bits per heavy atom. The number of anilines is 2. The fourth-order valence-corrected chi connectivity index (χ4v) is 6.14. The first-order valence-electron chi connectivity index (χ1n) is 16.2. The number of hydrogen-bond donors (Lipinski definition) is 3. The lowest BCUT2D eigenvalue weighted by molar-refractivity contribution is -0.143. The van der Waals surface area contributed by atoms with E-state index in [1.165, 1.54) is 42.5 Å². The highest BCUT2D eigenvalue weighted by Crippen LogP contribution is 2.41. The normalized spacial score (nSPS) is 12.3. The lowest BCUT2D eigenvalue weighted by atomic mass is 10.0. The molecule has 0 aromatic heterocycles. The molecule has 1 unspecified atom stereocenters. The van der Waals surface area contributed by atoms with Crippen molar-refractivity contribution in [3.8, 4) is 0 Å². The van der Waals surface area contributed by atoms with Crippen molar-refractivity contribution in [2.45, 2.75) is 36.1 Å². The van der Waals surface area contributed by atoms with Gasteiger partial charge < -0.3 is 16.0 Å². The first-order valence-corrected chi connectivity index (χ1v) is 17.1. The molecule has 3 amide bonds. The van der Waals surface area contributed by atoms with Crippen molar-refractivity contribution in [3.05, 3.63) is 166 Å². The van der Waals surface area contributed by atoms with Crippen molar-refractivity contribution in [3.63, 3.8) is 0 Å². The number of hydrogen-bond acceptors (Lipinski definition) is 4. The Kier molecular flexibility index (Phi) is 12.3. The number of halogens is 7. The molecule has 5 aromatic carbocycles. The van der Waals surface area contributed by atoms with E-state index in [0.717, 1.165) is 17.3 Å². The maximum atomic E-state index is 14.7. The van der Waals surface area contributed by atoms with Crippen molar-refractivity contribution in [1.29, 1.82) is 0 Å². The molecule has 0 fully saturated rings. The molecule has 3 N–H and O–H groups in total. The molecule has 278 valence electrons. The van der Waals surface area contributed by atoms with Crippen LogP contribution in [-0.4, -0.2) is 17.7 Å². The first kappa shape index (κ1) is 39.3. The van der Waals surface area contributed by atoms with E-state index in [1.807, 2.05) is 38.1 Å². The molecule has 0 saturated heterocycles. The summed E-state index contributed by atoms with van der Waals surface area (Å²) in [6.45, 7) is 4.08. The Hall–Kier alpha value is -5.89. The van der Waals surface area contributed by atoms with Gasteiger partial charge in [0.1, 0.15) is 22.2 Å². The Morgan fingerprint density at radius 3 is 1.76 bits per heavy atom. The van der Waals surface area contributed by atoms with Crippen molar-refractivity contribution in [2.24, 2.45) is 0 Å². The summed E-state index contributed by atoms with van der Waals surface area (Å²) in [4.78, 5) is 40.3. The molecule has 5 aromatic rings. The fraction of sp³-hybridized carbons (Fsp3) is 0.125. The lowest BCUT2D eigenvalue weighted by Gasteiger charge is -2.19. The molecule has 0 saturated carbocycles. The summed E-state index contributed by atoms with van der Waals surface area (Å²) in [5, 5.41) is 5.75. The number of thioether (sulfide) groups is 1. The van der Waals surface area contributed by atoms with Crippen LogP contribution in [-0.2, 0) is 15.8 Å². The lowest BCUT2D eigenvalue weighted by Crippen LogP contribution is -2.30. The SMILES string of the molecule is CC(C)c1ccc(/C=C(\NC(=O)c2ccccc2)C(=O)Nc2ccc(SC(C(=O)Nc3c(F)c(F)c(C(F)(F)F)c(F)c3F)c3ccccc3)cc2)cc1. The van der Waals surface area contributed by atoms with Crippen LogP contribution in [0.2, 0.25) is 0 Å². The van der Waals surface area contributed by atoms with Crippen molar-refractivity contribution in [2.75, 3.05) is 10.6 Å². The van der Waals surface area contributed by atoms with E-state index in [1.54, 1.807) is 53.8 Å². The molecule has 0 aliphatic rings. The third kappa shape index (κ3) is 9.36. The van der Waals surface area contributed by atoms with Gasteiger partial charge in [0, 0.05) is 16.1 Å². The Labute approximate surface area is 309 Å². The summed E-state index contributed by atoms with van der Waals surface area (Å²) in [7, 11) is 0. The van der Waals surface area contributed by atoms with Gasteiger partial charge in [-0.15, -0.1) is 11.8 Å². The number of carbonyl (C=O) groups is 3. The summed E-state index contributed by atoms with van der Waals surface area (Å²) in [5.41, 5.74) is -1.94. The zero-order chi connectivity index (χ0) is 39.2. The standard InChI is InChI=1S/C40H30F7N3O3S/c1-22(2)24-15-13-23(14-16-24)21-29(49-37(51)26-11-7-4-8-12-26)38(52)48-27-17-19-28(20-18-27)54-36(25-9-5-3-6-10-25)39(53)50-35-33(43)31(41)30(40(45,46)47)32(42)34(35)44/h3-22,36H,1-2H3,(H,48,52)(H,49,51)(H,50,53)/b29-21-. The number of alkyl halides is 3. The number of amides is 3. The van der Waals surface area contributed by atoms with Crippen LogP contribution in [0.15, 0.2) is 120 Å². The van der Waals surface area contributed by atoms with Crippen LogP contribution >= 0.6 is 11.8 Å². The molecule has 0 aliphatic carbocycles. The van der Waals surface area contributed by atoms with Crippen molar-refractivity contribution >= 4 is 46.9 Å². The van der Waals surface area contributed by atoms with Crippen LogP contribution < -0.4 is 16.0 Å². The van der Waals surface area contributed by atoms with E-state index in [-0.39, 0.29) is 22.9 Å². The van der Waals surface area contributed by atoms with Crippen LogP contribution in [0.3, 0.4) is 0 Å². The van der Waals surface area contributed by atoms with Gasteiger partial charge in [-0.25, -0.2) is 17.6 Å². The molecule has 54 heavy (non-hydrogen) atoms. The van der Waals surface area contributed by atoms with Gasteiger partial charge in [0.25, 0.3) is 11.8 Å². The molecule has 0 heterocycles. The summed E-state index contributed by atoms with van der Waals surface area (Å²) in [5.74, 6) is -12.4. The van der Waals surface area contributed by atoms with Crippen molar-refractivity contribution < 1.29 is 45.1 Å². The molecule has 5 rings (SSSR count). The summed E-state index contributed by atoms with van der Waals surface area (Å²) < 4.78 is 97.1. The molecule has 0 bridgehead atoms. The molecule has 14 heteroatoms. The highest BCUT2D eigenvalue weighted by molar-refractivity contribution is 8.00. The Balaban J connectivity index is 1.37. The second kappa shape index (κ2) is 16.8. The maximum absolute atomic E-state index is 14.7. The minimum absolute atomic E-state index is 0.0592. The third-order valence-corrected chi connectivity index (χ3v) is 9.21. The highest BCUT2D eigenvalue weighted by Gasteiger charge is 2.43. The van der Waals surface area contributed by atoms with Crippen LogP contribution in [0.25, 0.3) is 6.08 Å². The first-order chi connectivity index (χ1) is 25.6. The zero-order valence-electron chi connectivity index (χ0n) is 28.4. The van der Waals surface area contributed by atoms with Gasteiger partial charge in [-0.3, -0.25) is 14.4 Å². The van der Waals surface area contributed by atoms with Gasteiger partial charge in [-0.2, -0.15) is 13.2 Å². The van der Waals surface area contributed by atoms with Gasteiger partial charge in [0.2, 0.25) is 5.91 Å². The molecule has 6 nitrogen and oxygen atoms in total. The van der Waals surface area contributed by atoms with Crippen LogP contribution in [0.4, 0.5) is 42.1 Å². The molecule has 0 aliphatic heterocycles. The average molecular weight is 766 g/mol. The van der Waals surface area contributed by atoms with Gasteiger partial charge in [-0.1, -0.05) is 86.6 Å². The topological polar surface area (TPSA) is 87.3 Å². The van der Waals surface area contributed by atoms with E-state index < -0.39 is 63.7 Å². The summed E-state index contributed by atoms with van der Waals surface area (Å²) in [6.07, 6.45) is -4.23. The number of rotatable bonds is 11. The monoisotopic (exact) mass is 765 g/mol. The molecule has 1 atom stereocenters. The Bertz CT molecular complexity index is 2150. The Morgan fingerprint density at radius 2 is 1.22 bits per heavy atom. The van der Waals surface area contributed by atoms with E-state index in [4.69, 9.17) is 0 Å². The van der Waals surface area contributed by atoms with Crippen LogP contribution in [0, 0.1) is 23.3 Å². The number of benzene rings is 5. The quantitative estimate of drug-likeness (QED) is 0.0541. The van der Waals surface area contributed by atoms with Gasteiger partial charge >= 0.3 is 6.18 Å². The smallest absolute Gasteiger partial charge is 0.321 e. The predicted octanol–water partition coefficient (Wildman–Crippen LogP) is 10.3. The molecular weight excluding hydrogens is 736 g/mol. The van der Waals surface area contributed by atoms with Crippen LogP contribution in [0.1, 0.15) is 57.6 Å². The maximum Gasteiger partial charge on any atom is 0.422 e. The third-order valence-electron chi connectivity index (χ3n) is 7.94. The summed E-state index contributed by atoms with van der Waals surface area (Å²) in [6, 6.07) is 29.4. The minimum Gasteiger partial charge on any atom is -0.321 e. The zero-order valence-corrected chi connectivity index (χ0v) is 29.2. The van der Waals surface area contributed by atoms with Crippen molar-refractivity contribution in [1.82, 2.24) is 5.32 Å². The predicted molar refractivity (Wildman–Crippen MR) is 192 cm³/mol. The highest BCUT2D eigenvalue weighted by atomic mass is 32.2. The molecule has 0 radical (unpaired) electrons. The second-order valence-electron chi connectivity index (χ2n) is 12.1. The number of carbonyl (C=O) groups excluding carboxylic acids is 3. The van der Waals surface area contributed by atoms with Gasteiger partial charge in [-0.05, 0) is 65.1 Å². The average Bonchev–Trinajstić information content (AvgIpc) is 3.15. The van der Waals surface area contributed by atoms with E-state index in [2.05, 4.69) is 10.6 Å². The number of nitrogens with one attached hydrogen (secondary N) is 3. The van der Waals surface area contributed by atoms with Gasteiger partial charge in [0.05, 0.1) is 0 Å². The summed E-state index contributed by atoms with van der Waals surface area (Å²) >= 11 is 0.836. The van der Waals surface area contributed by atoms with E-state index in [0.29, 0.717) is 16.0 Å². The van der Waals surface area contributed by atoms with E-state index in [9.17, 15) is 45.1 Å². The largest absolute Gasteiger partial charge is 0.422 e. The molecule has 0 spiro atoms. The minimum atomic E-state index is -5.75. The molecular formula is C40H30F7N3O3S.